The predicted octanol–water partition coefficient (Wildman–Crippen LogP) is 5.01. The van der Waals surface area contributed by atoms with E-state index in [-0.39, 0.29) is 5.92 Å². The summed E-state index contributed by atoms with van der Waals surface area (Å²) in [5, 5.41) is 13.9. The highest BCUT2D eigenvalue weighted by Gasteiger charge is 2.09. The molecule has 1 atom stereocenters. The second-order valence-electron chi connectivity index (χ2n) is 5.03. The minimum atomic E-state index is 0.273. The van der Waals surface area contributed by atoms with Crippen LogP contribution in [0.2, 0.25) is 0 Å². The first kappa shape index (κ1) is 11.7. The molecule has 92 valence electrons. The van der Waals surface area contributed by atoms with E-state index < -0.39 is 0 Å². The van der Waals surface area contributed by atoms with Gasteiger partial charge in [-0.15, -0.1) is 0 Å². The van der Waals surface area contributed by atoms with Crippen LogP contribution in [-0.2, 0) is 0 Å². The minimum absolute atomic E-state index is 0.273. The maximum Gasteiger partial charge on any atom is 0.0628 e. The van der Waals surface area contributed by atoms with Crippen LogP contribution in [0.25, 0.3) is 21.5 Å². The lowest BCUT2D eigenvalue weighted by atomic mass is 9.91. The largest absolute Gasteiger partial charge is 0.198 e. The van der Waals surface area contributed by atoms with Gasteiger partial charge in [0.1, 0.15) is 0 Å². The van der Waals surface area contributed by atoms with Gasteiger partial charge in [-0.3, -0.25) is 0 Å². The van der Waals surface area contributed by atoms with Crippen LogP contribution in [0.5, 0.6) is 0 Å². The van der Waals surface area contributed by atoms with Crippen molar-refractivity contribution in [3.8, 4) is 6.07 Å². The lowest BCUT2D eigenvalue weighted by Crippen LogP contribution is -1.93. The third-order valence-corrected chi connectivity index (χ3v) is 3.71. The summed E-state index contributed by atoms with van der Waals surface area (Å²) in [4.78, 5) is 0. The van der Waals surface area contributed by atoms with Crippen molar-refractivity contribution in [1.29, 1.82) is 5.26 Å². The van der Waals surface area contributed by atoms with Crippen molar-refractivity contribution in [2.75, 3.05) is 0 Å². The van der Waals surface area contributed by atoms with E-state index in [2.05, 4.69) is 67.6 Å². The average molecular weight is 245 g/mol. The van der Waals surface area contributed by atoms with Gasteiger partial charge in [-0.25, -0.2) is 0 Å². The molecule has 1 heteroatoms. The van der Waals surface area contributed by atoms with Gasteiger partial charge in [-0.05, 0) is 45.2 Å². The van der Waals surface area contributed by atoms with Crippen molar-refractivity contribution in [3.05, 3.63) is 60.2 Å². The maximum absolute atomic E-state index is 8.89. The Balaban J connectivity index is 2.29. The van der Waals surface area contributed by atoms with E-state index in [1.165, 1.54) is 27.1 Å². The van der Waals surface area contributed by atoms with E-state index in [0.717, 1.165) is 0 Å². The Morgan fingerprint density at radius 2 is 1.63 bits per heavy atom. The topological polar surface area (TPSA) is 23.8 Å². The van der Waals surface area contributed by atoms with E-state index >= 15 is 0 Å². The highest BCUT2D eigenvalue weighted by Crippen LogP contribution is 2.30. The van der Waals surface area contributed by atoms with E-state index in [1.54, 1.807) is 0 Å². The van der Waals surface area contributed by atoms with Gasteiger partial charge in [0.05, 0.1) is 6.07 Å². The van der Waals surface area contributed by atoms with Gasteiger partial charge < -0.3 is 0 Å². The number of hydrogen-bond acceptors (Lipinski definition) is 1. The predicted molar refractivity (Wildman–Crippen MR) is 80.1 cm³/mol. The van der Waals surface area contributed by atoms with Crippen LogP contribution < -0.4 is 0 Å². The fourth-order valence-corrected chi connectivity index (χ4v) is 2.67. The van der Waals surface area contributed by atoms with Crippen molar-refractivity contribution in [2.24, 2.45) is 0 Å². The maximum atomic E-state index is 8.89. The van der Waals surface area contributed by atoms with Crippen molar-refractivity contribution < 1.29 is 0 Å². The summed E-state index contributed by atoms with van der Waals surface area (Å²) in [6.07, 6.45) is 0.561. The van der Waals surface area contributed by atoms with Crippen LogP contribution in [-0.4, -0.2) is 0 Å². The van der Waals surface area contributed by atoms with Crippen LogP contribution in [0.1, 0.15) is 24.8 Å². The zero-order valence-corrected chi connectivity index (χ0v) is 10.9. The van der Waals surface area contributed by atoms with Crippen LogP contribution in [0.4, 0.5) is 0 Å². The quantitative estimate of drug-likeness (QED) is 0.582. The van der Waals surface area contributed by atoms with E-state index in [4.69, 9.17) is 5.26 Å². The molecular weight excluding hydrogens is 230 g/mol. The van der Waals surface area contributed by atoms with Crippen molar-refractivity contribution in [2.45, 2.75) is 19.3 Å². The van der Waals surface area contributed by atoms with E-state index in [0.29, 0.717) is 6.42 Å². The Morgan fingerprint density at radius 3 is 2.37 bits per heavy atom. The van der Waals surface area contributed by atoms with Crippen molar-refractivity contribution >= 4 is 21.5 Å². The molecule has 3 aromatic rings. The molecule has 0 saturated carbocycles. The second-order valence-corrected chi connectivity index (χ2v) is 5.03. The molecule has 0 N–H and O–H groups in total. The number of nitriles is 1. The van der Waals surface area contributed by atoms with Gasteiger partial charge in [-0.2, -0.15) is 5.26 Å². The van der Waals surface area contributed by atoms with Crippen molar-refractivity contribution in [1.82, 2.24) is 0 Å². The lowest BCUT2D eigenvalue weighted by molar-refractivity contribution is 0.796. The van der Waals surface area contributed by atoms with E-state index in [9.17, 15) is 0 Å². The van der Waals surface area contributed by atoms with Gasteiger partial charge in [-0.1, -0.05) is 49.4 Å². The fourth-order valence-electron chi connectivity index (χ4n) is 2.67. The van der Waals surface area contributed by atoms with Gasteiger partial charge in [0, 0.05) is 6.42 Å². The first-order valence-corrected chi connectivity index (χ1v) is 6.58. The molecule has 3 aromatic carbocycles. The Bertz CT molecular complexity index is 780. The molecule has 19 heavy (non-hydrogen) atoms. The SMILES string of the molecule is CC(CC#N)c1cccc2cc3ccccc3cc12. The first-order chi connectivity index (χ1) is 9.29. The molecule has 1 nitrogen and oxygen atoms in total. The summed E-state index contributed by atoms with van der Waals surface area (Å²) in [5.41, 5.74) is 1.27. The summed E-state index contributed by atoms with van der Waals surface area (Å²) in [6, 6.07) is 21.5. The highest BCUT2D eigenvalue weighted by molar-refractivity contribution is 5.99. The summed E-state index contributed by atoms with van der Waals surface area (Å²) in [5.74, 6) is 0.273. The number of fused-ring (bicyclic) bond motifs is 2. The Kier molecular flexibility index (Phi) is 2.93. The monoisotopic (exact) mass is 245 g/mol. The van der Waals surface area contributed by atoms with Crippen LogP contribution in [0.3, 0.4) is 0 Å². The molecule has 0 aliphatic carbocycles. The standard InChI is InChI=1S/C18H15N/c1-13(9-10-19)17-8-4-7-16-11-14-5-2-3-6-15(14)12-18(16)17/h2-8,11-13H,9H2,1H3. The summed E-state index contributed by atoms with van der Waals surface area (Å²) in [7, 11) is 0. The smallest absolute Gasteiger partial charge is 0.0628 e. The summed E-state index contributed by atoms with van der Waals surface area (Å²) >= 11 is 0. The van der Waals surface area contributed by atoms with Gasteiger partial charge in [0.15, 0.2) is 0 Å². The normalized spacial score (nSPS) is 12.4. The molecule has 0 bridgehead atoms. The van der Waals surface area contributed by atoms with Gasteiger partial charge in [0.25, 0.3) is 0 Å². The third-order valence-electron chi connectivity index (χ3n) is 3.71. The Hall–Kier alpha value is -2.33. The molecule has 0 aromatic heterocycles. The van der Waals surface area contributed by atoms with Gasteiger partial charge in [0.2, 0.25) is 0 Å². The molecule has 0 spiro atoms. The molecule has 0 aliphatic heterocycles. The summed E-state index contributed by atoms with van der Waals surface area (Å²) < 4.78 is 0. The Labute approximate surface area is 113 Å². The second kappa shape index (κ2) is 4.74. The van der Waals surface area contributed by atoms with Crippen LogP contribution in [0, 0.1) is 11.3 Å². The molecule has 1 unspecified atom stereocenters. The lowest BCUT2D eigenvalue weighted by Gasteiger charge is -2.12. The molecule has 0 amide bonds. The first-order valence-electron chi connectivity index (χ1n) is 6.58. The van der Waals surface area contributed by atoms with Gasteiger partial charge >= 0.3 is 0 Å². The molecule has 0 aliphatic rings. The molecule has 0 radical (unpaired) electrons. The van der Waals surface area contributed by atoms with E-state index in [1.807, 2.05) is 0 Å². The number of hydrogen-bond donors (Lipinski definition) is 0. The minimum Gasteiger partial charge on any atom is -0.198 e. The molecule has 0 fully saturated rings. The van der Waals surface area contributed by atoms with Crippen LogP contribution in [0.15, 0.2) is 54.6 Å². The number of benzene rings is 3. The molecule has 0 heterocycles. The average Bonchev–Trinajstić information content (AvgIpc) is 2.44. The zero-order chi connectivity index (χ0) is 13.2. The molecule has 3 rings (SSSR count). The zero-order valence-electron chi connectivity index (χ0n) is 10.9. The summed E-state index contributed by atoms with van der Waals surface area (Å²) in [6.45, 7) is 2.12. The Morgan fingerprint density at radius 1 is 0.947 bits per heavy atom. The fraction of sp³-hybridized carbons (Fsp3) is 0.167. The molecular formula is C18H15N. The molecule has 0 saturated heterocycles. The number of rotatable bonds is 2. The number of nitrogens with zero attached hydrogens (tertiary/aromatic N) is 1. The third kappa shape index (κ3) is 2.06. The van der Waals surface area contributed by atoms with Crippen molar-refractivity contribution in [3.63, 3.8) is 0 Å². The van der Waals surface area contributed by atoms with Crippen LogP contribution >= 0.6 is 0 Å². The highest BCUT2D eigenvalue weighted by atomic mass is 14.2.